The lowest BCUT2D eigenvalue weighted by atomic mass is 10.2. The number of anilines is 2. The fourth-order valence-electron chi connectivity index (χ4n) is 1.69. The molecule has 3 rings (SSSR count). The number of fused-ring (bicyclic) bond motifs is 1. The molecule has 0 saturated carbocycles. The molecule has 1 aliphatic heterocycles. The molecule has 1 aliphatic rings. The molecule has 0 aliphatic carbocycles. The van der Waals surface area contributed by atoms with E-state index >= 15 is 0 Å². The third-order valence-electron chi connectivity index (χ3n) is 2.67. The van der Waals surface area contributed by atoms with Crippen LogP contribution in [-0.4, -0.2) is 23.4 Å². The standard InChI is InChI=1S/C13H11N3O2/c1-18-12-7-9(4-5-11(12)17)8-15-16-10-3-2-6-14-13(10)16/h2-8,17H,1H3. The first-order valence-corrected chi connectivity index (χ1v) is 5.46. The van der Waals surface area contributed by atoms with Crippen LogP contribution in [0.4, 0.5) is 11.5 Å². The highest BCUT2D eigenvalue weighted by molar-refractivity contribution is 5.92. The van der Waals surface area contributed by atoms with Crippen LogP contribution in [0, 0.1) is 0 Å². The van der Waals surface area contributed by atoms with Crippen molar-refractivity contribution in [2.75, 3.05) is 12.1 Å². The second-order valence-corrected chi connectivity index (χ2v) is 3.83. The molecule has 90 valence electrons. The number of hydrogen-bond acceptors (Lipinski definition) is 5. The highest BCUT2D eigenvalue weighted by atomic mass is 16.5. The van der Waals surface area contributed by atoms with E-state index in [1.165, 1.54) is 7.11 Å². The maximum atomic E-state index is 9.48. The van der Waals surface area contributed by atoms with Crippen molar-refractivity contribution in [1.82, 2.24) is 4.98 Å². The van der Waals surface area contributed by atoms with Crippen molar-refractivity contribution >= 4 is 17.7 Å². The van der Waals surface area contributed by atoms with E-state index in [9.17, 15) is 5.11 Å². The van der Waals surface area contributed by atoms with Gasteiger partial charge in [-0.2, -0.15) is 5.10 Å². The number of phenolic OH excluding ortho intramolecular Hbond substituents is 1. The number of hydrazone groups is 1. The Morgan fingerprint density at radius 3 is 3.00 bits per heavy atom. The van der Waals surface area contributed by atoms with E-state index in [1.54, 1.807) is 35.6 Å². The second kappa shape index (κ2) is 4.03. The summed E-state index contributed by atoms with van der Waals surface area (Å²) in [6.07, 6.45) is 3.43. The van der Waals surface area contributed by atoms with Crippen LogP contribution >= 0.6 is 0 Å². The molecule has 5 heteroatoms. The molecule has 0 fully saturated rings. The molecule has 0 saturated heterocycles. The van der Waals surface area contributed by atoms with Crippen LogP contribution in [0.1, 0.15) is 5.56 Å². The Bertz CT molecular complexity index is 602. The topological polar surface area (TPSA) is 57.7 Å². The van der Waals surface area contributed by atoms with Gasteiger partial charge in [0.15, 0.2) is 17.3 Å². The monoisotopic (exact) mass is 241 g/mol. The minimum Gasteiger partial charge on any atom is -0.504 e. The van der Waals surface area contributed by atoms with Crippen molar-refractivity contribution in [2.45, 2.75) is 0 Å². The van der Waals surface area contributed by atoms with Gasteiger partial charge in [0.2, 0.25) is 0 Å². The maximum absolute atomic E-state index is 9.48. The average molecular weight is 241 g/mol. The molecular formula is C13H11N3O2. The van der Waals surface area contributed by atoms with Crippen LogP contribution in [0.25, 0.3) is 0 Å². The van der Waals surface area contributed by atoms with E-state index in [-0.39, 0.29) is 5.75 Å². The van der Waals surface area contributed by atoms with Gasteiger partial charge in [-0.3, -0.25) is 0 Å². The van der Waals surface area contributed by atoms with Crippen LogP contribution in [0.15, 0.2) is 41.6 Å². The fourth-order valence-corrected chi connectivity index (χ4v) is 1.69. The molecule has 0 radical (unpaired) electrons. The quantitative estimate of drug-likeness (QED) is 0.661. The molecular weight excluding hydrogens is 230 g/mol. The summed E-state index contributed by atoms with van der Waals surface area (Å²) in [5.41, 5.74) is 1.86. The summed E-state index contributed by atoms with van der Waals surface area (Å²) in [4.78, 5) is 4.16. The smallest absolute Gasteiger partial charge is 0.180 e. The summed E-state index contributed by atoms with van der Waals surface area (Å²) in [6, 6.07) is 8.90. The molecule has 1 N–H and O–H groups in total. The van der Waals surface area contributed by atoms with Gasteiger partial charge >= 0.3 is 0 Å². The number of benzene rings is 1. The van der Waals surface area contributed by atoms with Crippen molar-refractivity contribution in [3.8, 4) is 11.5 Å². The van der Waals surface area contributed by atoms with Crippen molar-refractivity contribution in [3.05, 3.63) is 42.1 Å². The van der Waals surface area contributed by atoms with Crippen LogP contribution in [0.3, 0.4) is 0 Å². The zero-order chi connectivity index (χ0) is 12.5. The van der Waals surface area contributed by atoms with Gasteiger partial charge in [0, 0.05) is 6.20 Å². The van der Waals surface area contributed by atoms with Crippen LogP contribution in [-0.2, 0) is 0 Å². The Kier molecular flexibility index (Phi) is 2.37. The Morgan fingerprint density at radius 2 is 2.28 bits per heavy atom. The molecule has 0 bridgehead atoms. The number of hydrogen-bond donors (Lipinski definition) is 1. The molecule has 2 heterocycles. The Morgan fingerprint density at radius 1 is 1.39 bits per heavy atom. The maximum Gasteiger partial charge on any atom is 0.180 e. The minimum atomic E-state index is 0.117. The summed E-state index contributed by atoms with van der Waals surface area (Å²) in [5, 5.41) is 15.5. The molecule has 0 atom stereocenters. The number of pyridine rings is 1. The predicted octanol–water partition coefficient (Wildman–Crippen LogP) is 2.28. The number of aromatic nitrogens is 1. The zero-order valence-corrected chi connectivity index (χ0v) is 9.74. The normalized spacial score (nSPS) is 12.6. The number of nitrogens with zero attached hydrogens (tertiary/aromatic N) is 3. The molecule has 0 amide bonds. The molecule has 1 aromatic carbocycles. The van der Waals surface area contributed by atoms with E-state index in [4.69, 9.17) is 4.74 Å². The fraction of sp³-hybridized carbons (Fsp3) is 0.0769. The van der Waals surface area contributed by atoms with Crippen molar-refractivity contribution in [1.29, 1.82) is 0 Å². The summed E-state index contributed by atoms with van der Waals surface area (Å²) >= 11 is 0. The van der Waals surface area contributed by atoms with Crippen LogP contribution in [0.2, 0.25) is 0 Å². The summed E-state index contributed by atoms with van der Waals surface area (Å²) in [6.45, 7) is 0. The van der Waals surface area contributed by atoms with Gasteiger partial charge in [0.25, 0.3) is 0 Å². The Labute approximate surface area is 104 Å². The van der Waals surface area contributed by atoms with Crippen LogP contribution in [0.5, 0.6) is 11.5 Å². The lowest BCUT2D eigenvalue weighted by molar-refractivity contribution is 0.373. The number of ether oxygens (including phenoxy) is 1. The Hall–Kier alpha value is -2.56. The first-order valence-electron chi connectivity index (χ1n) is 5.46. The number of methoxy groups -OCH3 is 1. The summed E-state index contributed by atoms with van der Waals surface area (Å²) < 4.78 is 5.03. The van der Waals surface area contributed by atoms with Gasteiger partial charge in [-0.25, -0.2) is 9.99 Å². The number of phenols is 1. The first kappa shape index (κ1) is 10.6. The predicted molar refractivity (Wildman–Crippen MR) is 68.6 cm³/mol. The third kappa shape index (κ3) is 1.75. The lowest BCUT2D eigenvalue weighted by Crippen LogP contribution is -1.91. The van der Waals surface area contributed by atoms with E-state index in [0.29, 0.717) is 5.75 Å². The van der Waals surface area contributed by atoms with E-state index in [1.807, 2.05) is 12.1 Å². The van der Waals surface area contributed by atoms with Crippen molar-refractivity contribution < 1.29 is 9.84 Å². The van der Waals surface area contributed by atoms with E-state index in [0.717, 1.165) is 17.1 Å². The van der Waals surface area contributed by atoms with Crippen molar-refractivity contribution in [3.63, 3.8) is 0 Å². The SMILES string of the molecule is COc1cc(C=NN2c3cccnc32)ccc1O. The Balaban J connectivity index is 1.78. The van der Waals surface area contributed by atoms with E-state index < -0.39 is 0 Å². The molecule has 2 aromatic rings. The van der Waals surface area contributed by atoms with Gasteiger partial charge in [0.1, 0.15) is 5.69 Å². The second-order valence-electron chi connectivity index (χ2n) is 3.83. The third-order valence-corrected chi connectivity index (χ3v) is 2.67. The highest BCUT2D eigenvalue weighted by Crippen LogP contribution is 2.45. The zero-order valence-electron chi connectivity index (χ0n) is 9.74. The van der Waals surface area contributed by atoms with Gasteiger partial charge in [-0.1, -0.05) is 0 Å². The van der Waals surface area contributed by atoms with Crippen LogP contribution < -0.4 is 9.75 Å². The molecule has 18 heavy (non-hydrogen) atoms. The van der Waals surface area contributed by atoms with Crippen molar-refractivity contribution in [2.24, 2.45) is 5.10 Å². The van der Waals surface area contributed by atoms with Gasteiger partial charge in [0.05, 0.1) is 13.3 Å². The van der Waals surface area contributed by atoms with E-state index in [2.05, 4.69) is 10.1 Å². The molecule has 0 unspecified atom stereocenters. The summed E-state index contributed by atoms with van der Waals surface area (Å²) in [5.74, 6) is 1.42. The largest absolute Gasteiger partial charge is 0.504 e. The van der Waals surface area contributed by atoms with Gasteiger partial charge in [-0.05, 0) is 35.9 Å². The molecule has 0 spiro atoms. The minimum absolute atomic E-state index is 0.117. The lowest BCUT2D eigenvalue weighted by Gasteiger charge is -2.03. The highest BCUT2D eigenvalue weighted by Gasteiger charge is 2.29. The van der Waals surface area contributed by atoms with Gasteiger partial charge < -0.3 is 9.84 Å². The molecule has 5 nitrogen and oxygen atoms in total. The number of aromatic hydroxyl groups is 1. The number of rotatable bonds is 3. The first-order chi connectivity index (χ1) is 8.79. The van der Waals surface area contributed by atoms with Gasteiger partial charge in [-0.15, -0.1) is 0 Å². The molecule has 1 aromatic heterocycles. The average Bonchev–Trinajstić information content (AvgIpc) is 3.11. The summed E-state index contributed by atoms with van der Waals surface area (Å²) in [7, 11) is 1.51.